The van der Waals surface area contributed by atoms with Crippen LogP contribution in [0.3, 0.4) is 0 Å². The minimum atomic E-state index is -0.499. The number of halogens is 1. The van der Waals surface area contributed by atoms with Crippen LogP contribution in [0, 0.1) is 5.92 Å². The average molecular weight is 346 g/mol. The van der Waals surface area contributed by atoms with Gasteiger partial charge in [0.2, 0.25) is 5.91 Å². The van der Waals surface area contributed by atoms with Gasteiger partial charge in [0.05, 0.1) is 4.88 Å². The molecule has 2 amide bonds. The van der Waals surface area contributed by atoms with Crippen LogP contribution in [-0.2, 0) is 4.79 Å². The van der Waals surface area contributed by atoms with Crippen molar-refractivity contribution in [1.29, 1.82) is 0 Å². The first-order valence-electron chi connectivity index (χ1n) is 7.43. The predicted octanol–water partition coefficient (Wildman–Crippen LogP) is 1.79. The third-order valence-electron chi connectivity index (χ3n) is 3.67. The van der Waals surface area contributed by atoms with Gasteiger partial charge >= 0.3 is 0 Å². The summed E-state index contributed by atoms with van der Waals surface area (Å²) < 4.78 is 0. The van der Waals surface area contributed by atoms with Crippen LogP contribution in [0.4, 0.5) is 0 Å². The maximum atomic E-state index is 12.3. The lowest BCUT2D eigenvalue weighted by molar-refractivity contribution is -0.124. The van der Waals surface area contributed by atoms with Crippen LogP contribution in [0.5, 0.6) is 0 Å². The van der Waals surface area contributed by atoms with E-state index in [1.165, 1.54) is 11.3 Å². The molecule has 0 spiro atoms. The molecule has 0 aromatic carbocycles. The molecule has 22 heavy (non-hydrogen) atoms. The number of hydrogen-bond acceptors (Lipinski definition) is 4. The Labute approximate surface area is 141 Å². The van der Waals surface area contributed by atoms with Crippen LogP contribution in [0.15, 0.2) is 17.5 Å². The molecular formula is C15H24ClN3O2S. The molecule has 5 nitrogen and oxygen atoms in total. The van der Waals surface area contributed by atoms with E-state index in [0.29, 0.717) is 17.5 Å². The van der Waals surface area contributed by atoms with E-state index in [9.17, 15) is 9.59 Å². The quantitative estimate of drug-likeness (QED) is 0.736. The number of thiophene rings is 1. The Kier molecular flexibility index (Phi) is 7.85. The van der Waals surface area contributed by atoms with E-state index in [1.807, 2.05) is 25.3 Å². The molecule has 2 unspecified atom stereocenters. The fraction of sp³-hybridized carbons (Fsp3) is 0.600. The molecule has 0 aliphatic carbocycles. The standard InChI is InChI=1S/C15H23N3O2S.ClH/c1-10(2)13(18-14(19)12-6-4-8-21-12)15(20)17-9-11-5-3-7-16-11;/h4,6,8,10-11,13,16H,3,5,7,9H2,1-2H3,(H,17,20)(H,18,19);1H. The topological polar surface area (TPSA) is 70.2 Å². The van der Waals surface area contributed by atoms with Crippen molar-refractivity contribution in [1.82, 2.24) is 16.0 Å². The molecule has 1 aliphatic rings. The molecular weight excluding hydrogens is 322 g/mol. The highest BCUT2D eigenvalue weighted by Gasteiger charge is 2.25. The number of amides is 2. The highest BCUT2D eigenvalue weighted by molar-refractivity contribution is 7.12. The SMILES string of the molecule is CC(C)C(NC(=O)c1cccs1)C(=O)NCC1CCCN1.Cl. The smallest absolute Gasteiger partial charge is 0.262 e. The third-order valence-corrected chi connectivity index (χ3v) is 4.53. The Morgan fingerprint density at radius 1 is 1.45 bits per heavy atom. The molecule has 1 fully saturated rings. The van der Waals surface area contributed by atoms with E-state index in [-0.39, 0.29) is 30.1 Å². The summed E-state index contributed by atoms with van der Waals surface area (Å²) in [6, 6.07) is 3.45. The number of rotatable bonds is 6. The Morgan fingerprint density at radius 2 is 2.23 bits per heavy atom. The van der Waals surface area contributed by atoms with Crippen molar-refractivity contribution in [2.24, 2.45) is 5.92 Å². The number of carbonyl (C=O) groups excluding carboxylic acids is 2. The third kappa shape index (κ3) is 5.26. The van der Waals surface area contributed by atoms with Gasteiger partial charge in [0.1, 0.15) is 6.04 Å². The molecule has 2 atom stereocenters. The monoisotopic (exact) mass is 345 g/mol. The van der Waals surface area contributed by atoms with E-state index in [4.69, 9.17) is 0 Å². The second-order valence-corrected chi connectivity index (χ2v) is 6.66. The molecule has 2 heterocycles. The fourth-order valence-electron chi connectivity index (χ4n) is 2.42. The Morgan fingerprint density at radius 3 is 2.77 bits per heavy atom. The molecule has 2 rings (SSSR count). The average Bonchev–Trinajstić information content (AvgIpc) is 3.13. The summed E-state index contributed by atoms with van der Waals surface area (Å²) in [6.45, 7) is 5.51. The van der Waals surface area contributed by atoms with Gasteiger partial charge in [-0.05, 0) is 36.8 Å². The molecule has 124 valence electrons. The van der Waals surface area contributed by atoms with Crippen molar-refractivity contribution in [3.8, 4) is 0 Å². The molecule has 1 aromatic rings. The van der Waals surface area contributed by atoms with Gasteiger partial charge in [-0.1, -0.05) is 19.9 Å². The highest BCUT2D eigenvalue weighted by Crippen LogP contribution is 2.10. The molecule has 3 N–H and O–H groups in total. The maximum absolute atomic E-state index is 12.3. The summed E-state index contributed by atoms with van der Waals surface area (Å²) >= 11 is 1.38. The van der Waals surface area contributed by atoms with Gasteiger partial charge in [0.15, 0.2) is 0 Å². The largest absolute Gasteiger partial charge is 0.353 e. The van der Waals surface area contributed by atoms with Gasteiger partial charge in [0.25, 0.3) is 5.91 Å². The van der Waals surface area contributed by atoms with Crippen LogP contribution < -0.4 is 16.0 Å². The lowest BCUT2D eigenvalue weighted by atomic mass is 10.0. The van der Waals surface area contributed by atoms with Gasteiger partial charge < -0.3 is 16.0 Å². The molecule has 0 radical (unpaired) electrons. The molecule has 1 aliphatic heterocycles. The molecule has 1 aromatic heterocycles. The van der Waals surface area contributed by atoms with E-state index in [0.717, 1.165) is 19.4 Å². The van der Waals surface area contributed by atoms with Crippen LogP contribution in [0.1, 0.15) is 36.4 Å². The second-order valence-electron chi connectivity index (χ2n) is 5.71. The maximum Gasteiger partial charge on any atom is 0.262 e. The zero-order valence-electron chi connectivity index (χ0n) is 12.9. The van der Waals surface area contributed by atoms with E-state index in [2.05, 4.69) is 16.0 Å². The van der Waals surface area contributed by atoms with Crippen molar-refractivity contribution in [2.45, 2.75) is 38.8 Å². The van der Waals surface area contributed by atoms with E-state index >= 15 is 0 Å². The lowest BCUT2D eigenvalue weighted by Crippen LogP contribution is -2.51. The lowest BCUT2D eigenvalue weighted by Gasteiger charge is -2.22. The molecule has 1 saturated heterocycles. The summed E-state index contributed by atoms with van der Waals surface area (Å²) in [5.74, 6) is -0.244. The summed E-state index contributed by atoms with van der Waals surface area (Å²) in [4.78, 5) is 25.0. The summed E-state index contributed by atoms with van der Waals surface area (Å²) in [6.07, 6.45) is 2.25. The summed E-state index contributed by atoms with van der Waals surface area (Å²) in [5, 5.41) is 11.0. The fourth-order valence-corrected chi connectivity index (χ4v) is 3.05. The van der Waals surface area contributed by atoms with E-state index < -0.39 is 6.04 Å². The van der Waals surface area contributed by atoms with Crippen molar-refractivity contribution < 1.29 is 9.59 Å². The van der Waals surface area contributed by atoms with Crippen molar-refractivity contribution in [2.75, 3.05) is 13.1 Å². The Balaban J connectivity index is 0.00000242. The minimum Gasteiger partial charge on any atom is -0.353 e. The Hall–Kier alpha value is -1.11. The van der Waals surface area contributed by atoms with E-state index in [1.54, 1.807) is 6.07 Å². The van der Waals surface area contributed by atoms with Crippen molar-refractivity contribution >= 4 is 35.6 Å². The number of nitrogens with one attached hydrogen (secondary N) is 3. The van der Waals surface area contributed by atoms with Crippen LogP contribution in [-0.4, -0.2) is 37.0 Å². The highest BCUT2D eigenvalue weighted by atomic mass is 35.5. The van der Waals surface area contributed by atoms with Crippen LogP contribution >= 0.6 is 23.7 Å². The zero-order chi connectivity index (χ0) is 15.2. The first-order valence-corrected chi connectivity index (χ1v) is 8.31. The first-order chi connectivity index (χ1) is 10.1. The Bertz CT molecular complexity index is 473. The van der Waals surface area contributed by atoms with Crippen molar-refractivity contribution in [3.63, 3.8) is 0 Å². The predicted molar refractivity (Wildman–Crippen MR) is 91.7 cm³/mol. The van der Waals surface area contributed by atoms with Gasteiger partial charge in [-0.3, -0.25) is 9.59 Å². The molecule has 0 bridgehead atoms. The zero-order valence-corrected chi connectivity index (χ0v) is 14.6. The number of hydrogen-bond donors (Lipinski definition) is 3. The number of carbonyl (C=O) groups is 2. The van der Waals surface area contributed by atoms with Gasteiger partial charge in [0, 0.05) is 12.6 Å². The molecule has 0 saturated carbocycles. The molecule has 7 heteroatoms. The normalized spacial score (nSPS) is 18.6. The van der Waals surface area contributed by atoms with Crippen LogP contribution in [0.2, 0.25) is 0 Å². The van der Waals surface area contributed by atoms with Crippen molar-refractivity contribution in [3.05, 3.63) is 22.4 Å². The van der Waals surface area contributed by atoms with Gasteiger partial charge in [-0.2, -0.15) is 0 Å². The minimum absolute atomic E-state index is 0. The van der Waals surface area contributed by atoms with Gasteiger partial charge in [-0.25, -0.2) is 0 Å². The van der Waals surface area contributed by atoms with Crippen LogP contribution in [0.25, 0.3) is 0 Å². The first kappa shape index (κ1) is 18.9. The summed E-state index contributed by atoms with van der Waals surface area (Å²) in [5.41, 5.74) is 0. The van der Waals surface area contributed by atoms with Gasteiger partial charge in [-0.15, -0.1) is 23.7 Å². The summed E-state index contributed by atoms with van der Waals surface area (Å²) in [7, 11) is 0. The second kappa shape index (κ2) is 9.12.